The predicted octanol–water partition coefficient (Wildman–Crippen LogP) is 0.164. The van der Waals surface area contributed by atoms with Gasteiger partial charge in [-0.3, -0.25) is 4.79 Å². The molecule has 1 aromatic carbocycles. The normalized spacial score (nSPS) is 22.9. The lowest BCUT2D eigenvalue weighted by Gasteiger charge is -2.38. The largest absolute Gasteiger partial charge is 0.497 e. The lowest BCUT2D eigenvalue weighted by molar-refractivity contribution is -0.157. The van der Waals surface area contributed by atoms with Crippen molar-refractivity contribution in [3.63, 3.8) is 0 Å². The number of likely N-dealkylation sites (tertiary alicyclic amines) is 1. The van der Waals surface area contributed by atoms with Crippen LogP contribution in [-0.4, -0.2) is 78.8 Å². The average molecular weight is 376 g/mol. The van der Waals surface area contributed by atoms with Gasteiger partial charge in [0.1, 0.15) is 5.75 Å². The van der Waals surface area contributed by atoms with E-state index in [1.165, 1.54) is 0 Å². The van der Waals surface area contributed by atoms with Gasteiger partial charge < -0.3 is 30.3 Å². The number of nitrogens with zero attached hydrogens (tertiary/aromatic N) is 2. The fraction of sp³-hybridized carbons (Fsp3) is 0.579. The number of hydrogen-bond acceptors (Lipinski definition) is 5. The van der Waals surface area contributed by atoms with Crippen LogP contribution in [0.15, 0.2) is 24.3 Å². The highest BCUT2D eigenvalue weighted by molar-refractivity contribution is 5.86. The molecule has 0 bridgehead atoms. The number of aliphatic hydroxyl groups is 1. The highest BCUT2D eigenvalue weighted by Gasteiger charge is 2.41. The number of rotatable bonds is 8. The molecule has 2 aliphatic rings. The second kappa shape index (κ2) is 8.58. The van der Waals surface area contributed by atoms with Crippen molar-refractivity contribution in [2.45, 2.75) is 25.0 Å². The summed E-state index contributed by atoms with van der Waals surface area (Å²) in [6.45, 7) is 3.73. The molecule has 0 aliphatic carbocycles. The SMILES string of the molecule is COc1cccc(CN2CCC[C@@](O)(CNCCN3CCNC3=O)C2=O)c1. The third kappa shape index (κ3) is 4.70. The third-order valence-electron chi connectivity index (χ3n) is 5.13. The molecule has 0 radical (unpaired) electrons. The zero-order valence-electron chi connectivity index (χ0n) is 15.7. The summed E-state index contributed by atoms with van der Waals surface area (Å²) in [5.74, 6) is 0.503. The van der Waals surface area contributed by atoms with E-state index in [2.05, 4.69) is 10.6 Å². The average Bonchev–Trinajstić information content (AvgIpc) is 3.08. The van der Waals surface area contributed by atoms with Crippen molar-refractivity contribution < 1.29 is 19.4 Å². The van der Waals surface area contributed by atoms with Gasteiger partial charge in [-0.05, 0) is 30.5 Å². The third-order valence-corrected chi connectivity index (χ3v) is 5.13. The summed E-state index contributed by atoms with van der Waals surface area (Å²) >= 11 is 0. The first-order chi connectivity index (χ1) is 13.0. The van der Waals surface area contributed by atoms with Gasteiger partial charge in [0.15, 0.2) is 5.60 Å². The van der Waals surface area contributed by atoms with Gasteiger partial charge in [-0.1, -0.05) is 12.1 Å². The lowest BCUT2D eigenvalue weighted by Crippen LogP contribution is -2.58. The molecule has 3 amide bonds. The zero-order valence-corrected chi connectivity index (χ0v) is 15.7. The number of carbonyl (C=O) groups excluding carboxylic acids is 2. The summed E-state index contributed by atoms with van der Waals surface area (Å²) in [6.07, 6.45) is 1.19. The van der Waals surface area contributed by atoms with Crippen molar-refractivity contribution in [3.05, 3.63) is 29.8 Å². The Morgan fingerprint density at radius 3 is 2.89 bits per heavy atom. The number of ether oxygens (including phenoxy) is 1. The Labute approximate surface area is 159 Å². The molecule has 0 aromatic heterocycles. The van der Waals surface area contributed by atoms with Gasteiger partial charge in [-0.15, -0.1) is 0 Å². The highest BCUT2D eigenvalue weighted by atomic mass is 16.5. The van der Waals surface area contributed by atoms with E-state index < -0.39 is 5.60 Å². The van der Waals surface area contributed by atoms with Crippen LogP contribution in [0, 0.1) is 0 Å². The summed E-state index contributed by atoms with van der Waals surface area (Å²) in [5, 5.41) is 16.8. The van der Waals surface area contributed by atoms with E-state index in [9.17, 15) is 14.7 Å². The Balaban J connectivity index is 1.52. The molecule has 8 nitrogen and oxygen atoms in total. The predicted molar refractivity (Wildman–Crippen MR) is 100 cm³/mol. The van der Waals surface area contributed by atoms with E-state index in [1.54, 1.807) is 16.9 Å². The van der Waals surface area contributed by atoms with Gasteiger partial charge in [0, 0.05) is 45.8 Å². The number of urea groups is 1. The summed E-state index contributed by atoms with van der Waals surface area (Å²) in [5.41, 5.74) is -0.426. The topological polar surface area (TPSA) is 94.1 Å². The minimum absolute atomic E-state index is 0.0614. The molecule has 2 fully saturated rings. The second-order valence-corrected chi connectivity index (χ2v) is 7.11. The van der Waals surface area contributed by atoms with Crippen LogP contribution in [-0.2, 0) is 11.3 Å². The molecular weight excluding hydrogens is 348 g/mol. The summed E-state index contributed by atoms with van der Waals surface area (Å²) < 4.78 is 5.23. The Morgan fingerprint density at radius 1 is 1.30 bits per heavy atom. The number of piperidine rings is 1. The van der Waals surface area contributed by atoms with Crippen LogP contribution >= 0.6 is 0 Å². The molecule has 0 saturated carbocycles. The Morgan fingerprint density at radius 2 is 2.15 bits per heavy atom. The molecule has 3 N–H and O–H groups in total. The molecule has 3 rings (SSSR count). The fourth-order valence-corrected chi connectivity index (χ4v) is 3.60. The van der Waals surface area contributed by atoms with Crippen LogP contribution in [0.3, 0.4) is 0 Å². The van der Waals surface area contributed by atoms with Crippen molar-refractivity contribution >= 4 is 11.9 Å². The van der Waals surface area contributed by atoms with Crippen LogP contribution in [0.25, 0.3) is 0 Å². The molecule has 2 saturated heterocycles. The van der Waals surface area contributed by atoms with Crippen molar-refractivity contribution in [3.8, 4) is 5.75 Å². The van der Waals surface area contributed by atoms with E-state index in [0.29, 0.717) is 45.7 Å². The van der Waals surface area contributed by atoms with E-state index in [0.717, 1.165) is 17.7 Å². The molecule has 148 valence electrons. The van der Waals surface area contributed by atoms with Crippen molar-refractivity contribution in [1.29, 1.82) is 0 Å². The Hall–Kier alpha value is -2.32. The molecule has 27 heavy (non-hydrogen) atoms. The van der Waals surface area contributed by atoms with E-state index in [4.69, 9.17) is 4.74 Å². The van der Waals surface area contributed by atoms with Gasteiger partial charge in [0.05, 0.1) is 7.11 Å². The van der Waals surface area contributed by atoms with Crippen LogP contribution in [0.2, 0.25) is 0 Å². The lowest BCUT2D eigenvalue weighted by atomic mass is 9.91. The summed E-state index contributed by atoms with van der Waals surface area (Å²) in [4.78, 5) is 27.8. The molecule has 0 spiro atoms. The number of hydrogen-bond donors (Lipinski definition) is 3. The second-order valence-electron chi connectivity index (χ2n) is 7.11. The minimum Gasteiger partial charge on any atom is -0.497 e. The zero-order chi connectivity index (χ0) is 19.3. The van der Waals surface area contributed by atoms with Crippen molar-refractivity contribution in [1.82, 2.24) is 20.4 Å². The molecule has 0 unspecified atom stereocenters. The summed E-state index contributed by atoms with van der Waals surface area (Å²) in [6, 6.07) is 7.55. The maximum atomic E-state index is 12.8. The number of benzene rings is 1. The number of amides is 3. The first-order valence-corrected chi connectivity index (χ1v) is 9.40. The first-order valence-electron chi connectivity index (χ1n) is 9.40. The monoisotopic (exact) mass is 376 g/mol. The highest BCUT2D eigenvalue weighted by Crippen LogP contribution is 2.24. The number of nitrogens with one attached hydrogen (secondary N) is 2. The molecular formula is C19H28N4O4. The summed E-state index contributed by atoms with van der Waals surface area (Å²) in [7, 11) is 1.61. The fourth-order valence-electron chi connectivity index (χ4n) is 3.60. The minimum atomic E-state index is -1.40. The molecule has 1 atom stereocenters. The van der Waals surface area contributed by atoms with E-state index in [-0.39, 0.29) is 18.5 Å². The van der Waals surface area contributed by atoms with Crippen LogP contribution in [0.1, 0.15) is 18.4 Å². The van der Waals surface area contributed by atoms with Crippen LogP contribution < -0.4 is 15.4 Å². The van der Waals surface area contributed by atoms with E-state index >= 15 is 0 Å². The number of methoxy groups -OCH3 is 1. The molecule has 2 heterocycles. The quantitative estimate of drug-likeness (QED) is 0.562. The van der Waals surface area contributed by atoms with Crippen LogP contribution in [0.4, 0.5) is 4.79 Å². The Kier molecular flexibility index (Phi) is 6.18. The maximum Gasteiger partial charge on any atom is 0.317 e. The standard InChI is InChI=1S/C19H28N4O4/c1-27-16-5-2-4-15(12-16)13-23-9-3-6-19(26,17(23)24)14-20-7-10-22-11-8-21-18(22)25/h2,4-5,12,20,26H,3,6-11,13-14H2,1H3,(H,21,25)/t19-/m1/s1. The van der Waals surface area contributed by atoms with Gasteiger partial charge in [-0.2, -0.15) is 0 Å². The smallest absolute Gasteiger partial charge is 0.317 e. The van der Waals surface area contributed by atoms with Gasteiger partial charge in [0.2, 0.25) is 0 Å². The van der Waals surface area contributed by atoms with Crippen molar-refractivity contribution in [2.24, 2.45) is 0 Å². The molecule has 2 aliphatic heterocycles. The van der Waals surface area contributed by atoms with Gasteiger partial charge in [-0.25, -0.2) is 4.79 Å². The van der Waals surface area contributed by atoms with E-state index in [1.807, 2.05) is 24.3 Å². The van der Waals surface area contributed by atoms with Crippen molar-refractivity contribution in [2.75, 3.05) is 46.4 Å². The Bertz CT molecular complexity index is 683. The maximum absolute atomic E-state index is 12.8. The first kappa shape index (κ1) is 19.4. The number of carbonyl (C=O) groups is 2. The molecule has 8 heteroatoms. The van der Waals surface area contributed by atoms with Crippen LogP contribution in [0.5, 0.6) is 5.75 Å². The van der Waals surface area contributed by atoms with Gasteiger partial charge >= 0.3 is 6.03 Å². The van der Waals surface area contributed by atoms with Gasteiger partial charge in [0.25, 0.3) is 5.91 Å². The molecule has 1 aromatic rings.